The van der Waals surface area contributed by atoms with E-state index < -0.39 is 18.5 Å². The summed E-state index contributed by atoms with van der Waals surface area (Å²) in [6.45, 7) is -0.0284. The molecular weight excluding hydrogens is 334 g/mol. The fraction of sp³-hybridized carbons (Fsp3) is 0.250. The molecule has 0 atom stereocenters. The number of rotatable bonds is 5. The summed E-state index contributed by atoms with van der Waals surface area (Å²) in [6, 6.07) is 11.5. The van der Waals surface area contributed by atoms with E-state index in [4.69, 9.17) is 9.47 Å². The summed E-state index contributed by atoms with van der Waals surface area (Å²) in [6.07, 6.45) is 3.92. The summed E-state index contributed by atoms with van der Waals surface area (Å²) in [5, 5.41) is 2.05. The van der Waals surface area contributed by atoms with Crippen LogP contribution in [0.15, 0.2) is 42.5 Å². The van der Waals surface area contributed by atoms with E-state index >= 15 is 0 Å². The molecule has 0 spiro atoms. The number of methoxy groups -OCH3 is 1. The van der Waals surface area contributed by atoms with Gasteiger partial charge in [-0.05, 0) is 47.0 Å². The first kappa shape index (κ1) is 17.7. The Morgan fingerprint density at radius 3 is 2.65 bits per heavy atom. The summed E-state index contributed by atoms with van der Waals surface area (Å²) >= 11 is 0. The number of carbonyl (C=O) groups excluding carboxylic acids is 3. The zero-order valence-corrected chi connectivity index (χ0v) is 14.4. The van der Waals surface area contributed by atoms with Crippen molar-refractivity contribution in [2.45, 2.75) is 12.8 Å². The van der Waals surface area contributed by atoms with E-state index in [9.17, 15) is 14.4 Å². The van der Waals surface area contributed by atoms with Gasteiger partial charge in [-0.15, -0.1) is 0 Å². The number of hydrogen-bond donors (Lipinski definition) is 0. The molecule has 0 aromatic heterocycles. The fourth-order valence-electron chi connectivity index (χ4n) is 2.81. The average molecular weight is 353 g/mol. The molecule has 26 heavy (non-hydrogen) atoms. The van der Waals surface area contributed by atoms with Crippen molar-refractivity contribution in [1.29, 1.82) is 0 Å². The van der Waals surface area contributed by atoms with Gasteiger partial charge in [0.2, 0.25) is 5.91 Å². The van der Waals surface area contributed by atoms with Gasteiger partial charge in [0.15, 0.2) is 6.61 Å². The van der Waals surface area contributed by atoms with Crippen LogP contribution in [0.5, 0.6) is 5.75 Å². The Morgan fingerprint density at radius 2 is 1.92 bits per heavy atom. The number of ether oxygens (including phenoxy) is 2. The van der Waals surface area contributed by atoms with Gasteiger partial charge in [-0.2, -0.15) is 0 Å². The predicted octanol–water partition coefficient (Wildman–Crippen LogP) is 2.55. The van der Waals surface area contributed by atoms with Crippen molar-refractivity contribution in [3.63, 3.8) is 0 Å². The maximum Gasteiger partial charge on any atom is 0.331 e. The maximum atomic E-state index is 11.8. The first-order valence-corrected chi connectivity index (χ1v) is 8.32. The third kappa shape index (κ3) is 4.08. The van der Waals surface area contributed by atoms with Crippen LogP contribution in [0.2, 0.25) is 0 Å². The highest BCUT2D eigenvalue weighted by Gasteiger charge is 2.26. The van der Waals surface area contributed by atoms with Gasteiger partial charge in [0, 0.05) is 19.0 Å². The van der Waals surface area contributed by atoms with Gasteiger partial charge in [-0.1, -0.05) is 18.2 Å². The van der Waals surface area contributed by atoms with Gasteiger partial charge < -0.3 is 9.47 Å². The quantitative estimate of drug-likeness (QED) is 0.610. The van der Waals surface area contributed by atoms with Gasteiger partial charge in [0.25, 0.3) is 5.91 Å². The molecule has 134 valence electrons. The number of imide groups is 1. The van der Waals surface area contributed by atoms with Crippen molar-refractivity contribution in [2.24, 2.45) is 0 Å². The topological polar surface area (TPSA) is 72.9 Å². The molecule has 6 heteroatoms. The molecular formula is C20H19NO5. The number of benzene rings is 2. The molecule has 1 fully saturated rings. The van der Waals surface area contributed by atoms with Crippen molar-refractivity contribution in [3.8, 4) is 5.75 Å². The van der Waals surface area contributed by atoms with E-state index in [1.54, 1.807) is 13.2 Å². The van der Waals surface area contributed by atoms with Crippen molar-refractivity contribution >= 4 is 34.6 Å². The molecule has 2 amide bonds. The van der Waals surface area contributed by atoms with E-state index in [-0.39, 0.29) is 5.91 Å². The van der Waals surface area contributed by atoms with Crippen LogP contribution in [0.25, 0.3) is 16.8 Å². The molecule has 0 unspecified atom stereocenters. The maximum absolute atomic E-state index is 11.8. The second-order valence-electron chi connectivity index (χ2n) is 5.96. The van der Waals surface area contributed by atoms with E-state index in [0.717, 1.165) is 27.0 Å². The fourth-order valence-corrected chi connectivity index (χ4v) is 2.81. The molecule has 1 aliphatic heterocycles. The lowest BCUT2D eigenvalue weighted by Crippen LogP contribution is -2.35. The van der Waals surface area contributed by atoms with Crippen molar-refractivity contribution < 1.29 is 23.9 Å². The Bertz CT molecular complexity index is 887. The second-order valence-corrected chi connectivity index (χ2v) is 5.96. The van der Waals surface area contributed by atoms with Crippen LogP contribution >= 0.6 is 0 Å². The van der Waals surface area contributed by atoms with Crippen LogP contribution in [-0.4, -0.2) is 42.9 Å². The zero-order valence-electron chi connectivity index (χ0n) is 14.4. The summed E-state index contributed by atoms with van der Waals surface area (Å²) in [5.74, 6) is -0.534. The molecule has 6 nitrogen and oxygen atoms in total. The van der Waals surface area contributed by atoms with Crippen molar-refractivity contribution in [3.05, 3.63) is 48.0 Å². The highest BCUT2D eigenvalue weighted by molar-refractivity contribution is 5.98. The number of carbonyl (C=O) groups is 3. The summed E-state index contributed by atoms with van der Waals surface area (Å²) in [4.78, 5) is 36.2. The van der Waals surface area contributed by atoms with Gasteiger partial charge in [0.1, 0.15) is 5.75 Å². The summed E-state index contributed by atoms with van der Waals surface area (Å²) in [5.41, 5.74) is 0.834. The minimum atomic E-state index is -0.625. The van der Waals surface area contributed by atoms with Crippen LogP contribution in [0, 0.1) is 0 Å². The Kier molecular flexibility index (Phi) is 5.31. The van der Waals surface area contributed by atoms with E-state index in [1.807, 2.05) is 36.4 Å². The minimum Gasteiger partial charge on any atom is -0.497 e. The molecule has 0 radical (unpaired) electrons. The molecule has 2 aromatic rings. The van der Waals surface area contributed by atoms with Gasteiger partial charge in [-0.25, -0.2) is 4.79 Å². The summed E-state index contributed by atoms with van der Waals surface area (Å²) < 4.78 is 10.1. The molecule has 3 rings (SSSR count). The van der Waals surface area contributed by atoms with Crippen LogP contribution in [-0.2, 0) is 19.1 Å². The predicted molar refractivity (Wildman–Crippen MR) is 96.4 cm³/mol. The lowest BCUT2D eigenvalue weighted by atomic mass is 10.1. The van der Waals surface area contributed by atoms with E-state index in [1.165, 1.54) is 6.08 Å². The van der Waals surface area contributed by atoms with Crippen LogP contribution < -0.4 is 4.74 Å². The lowest BCUT2D eigenvalue weighted by molar-refractivity contribution is -0.151. The van der Waals surface area contributed by atoms with Crippen LogP contribution in [0.1, 0.15) is 18.4 Å². The molecule has 1 aliphatic rings. The summed E-state index contributed by atoms with van der Waals surface area (Å²) in [7, 11) is 1.62. The largest absolute Gasteiger partial charge is 0.497 e. The second kappa shape index (κ2) is 7.82. The normalized spacial score (nSPS) is 14.2. The Morgan fingerprint density at radius 1 is 1.15 bits per heavy atom. The molecule has 0 saturated carbocycles. The standard InChI is InChI=1S/C20H19NO5/c1-25-17-8-7-15-11-14(4-6-16(15)12-17)5-9-20(24)26-13-19(23)21-10-2-3-18(21)22/h4-9,11-12H,2-3,10,13H2,1H3/b9-5+. The van der Waals surface area contributed by atoms with E-state index in [0.29, 0.717) is 19.4 Å². The molecule has 0 N–H and O–H groups in total. The average Bonchev–Trinajstić information content (AvgIpc) is 3.09. The highest BCUT2D eigenvalue weighted by Crippen LogP contribution is 2.22. The number of hydrogen-bond acceptors (Lipinski definition) is 5. The van der Waals surface area contributed by atoms with Gasteiger partial charge >= 0.3 is 5.97 Å². The van der Waals surface area contributed by atoms with Crippen molar-refractivity contribution in [1.82, 2.24) is 4.90 Å². The Labute approximate surface area is 151 Å². The molecule has 2 aromatic carbocycles. The molecule has 0 aliphatic carbocycles. The third-order valence-corrected chi connectivity index (χ3v) is 4.20. The molecule has 0 bridgehead atoms. The third-order valence-electron chi connectivity index (χ3n) is 4.20. The van der Waals surface area contributed by atoms with E-state index in [2.05, 4.69) is 0 Å². The molecule has 1 heterocycles. The smallest absolute Gasteiger partial charge is 0.331 e. The number of likely N-dealkylation sites (tertiary alicyclic amines) is 1. The first-order valence-electron chi connectivity index (χ1n) is 8.32. The Balaban J connectivity index is 1.58. The van der Waals surface area contributed by atoms with Crippen LogP contribution in [0.4, 0.5) is 0 Å². The number of fused-ring (bicyclic) bond motifs is 1. The zero-order chi connectivity index (χ0) is 18.5. The number of esters is 1. The SMILES string of the molecule is COc1ccc2cc(/C=C/C(=O)OCC(=O)N3CCCC3=O)ccc2c1. The number of nitrogens with zero attached hydrogens (tertiary/aromatic N) is 1. The minimum absolute atomic E-state index is 0.214. The highest BCUT2D eigenvalue weighted by atomic mass is 16.5. The molecule has 1 saturated heterocycles. The van der Waals surface area contributed by atoms with Crippen LogP contribution in [0.3, 0.4) is 0 Å². The lowest BCUT2D eigenvalue weighted by Gasteiger charge is -2.12. The van der Waals surface area contributed by atoms with Gasteiger partial charge in [-0.3, -0.25) is 14.5 Å². The van der Waals surface area contributed by atoms with Gasteiger partial charge in [0.05, 0.1) is 7.11 Å². The Hall–Kier alpha value is -3.15. The monoisotopic (exact) mass is 353 g/mol. The van der Waals surface area contributed by atoms with Crippen molar-refractivity contribution in [2.75, 3.05) is 20.3 Å². The first-order chi connectivity index (χ1) is 12.6. The number of amides is 2.